The fourth-order valence-electron chi connectivity index (χ4n) is 2.65. The molecule has 0 spiro atoms. The van der Waals surface area contributed by atoms with Crippen LogP contribution in [0.4, 0.5) is 0 Å². The van der Waals surface area contributed by atoms with Gasteiger partial charge in [0.15, 0.2) is 5.78 Å². The lowest BCUT2D eigenvalue weighted by atomic mass is 9.67. The van der Waals surface area contributed by atoms with Crippen molar-refractivity contribution in [3.63, 3.8) is 0 Å². The third-order valence-corrected chi connectivity index (χ3v) is 3.32. The van der Waals surface area contributed by atoms with Crippen molar-refractivity contribution in [2.45, 2.75) is 12.5 Å². The average molecular weight is 190 g/mol. The number of esters is 1. The molecule has 0 amide bonds. The molecular weight excluding hydrogens is 180 g/mol. The largest absolute Gasteiger partial charge is 0.457 e. The molecule has 2 aliphatic carbocycles. The van der Waals surface area contributed by atoms with Crippen molar-refractivity contribution >= 4 is 11.8 Å². The molecule has 1 fully saturated rings. The van der Waals surface area contributed by atoms with Crippen LogP contribution in [0.5, 0.6) is 0 Å². The molecule has 0 radical (unpaired) electrons. The fourth-order valence-corrected chi connectivity index (χ4v) is 2.65. The number of hydrogen-bond donors (Lipinski definition) is 0. The zero-order valence-corrected chi connectivity index (χ0v) is 7.55. The maximum Gasteiger partial charge on any atom is 0.314 e. The van der Waals surface area contributed by atoms with Gasteiger partial charge in [-0.25, -0.2) is 0 Å². The van der Waals surface area contributed by atoms with Gasteiger partial charge in [0.2, 0.25) is 0 Å². The summed E-state index contributed by atoms with van der Waals surface area (Å²) >= 11 is 0. The van der Waals surface area contributed by atoms with Gasteiger partial charge in [0.1, 0.15) is 6.10 Å². The highest BCUT2D eigenvalue weighted by Gasteiger charge is 2.49. The van der Waals surface area contributed by atoms with E-state index < -0.39 is 0 Å². The van der Waals surface area contributed by atoms with E-state index in [-0.39, 0.29) is 35.6 Å². The molecule has 0 N–H and O–H groups in total. The van der Waals surface area contributed by atoms with E-state index in [4.69, 9.17) is 4.74 Å². The molecule has 14 heavy (non-hydrogen) atoms. The second-order valence-corrected chi connectivity index (χ2v) is 4.04. The van der Waals surface area contributed by atoms with Gasteiger partial charge in [-0.15, -0.1) is 0 Å². The van der Waals surface area contributed by atoms with Gasteiger partial charge < -0.3 is 4.74 Å². The highest BCUT2D eigenvalue weighted by Crippen LogP contribution is 2.42. The van der Waals surface area contributed by atoms with Crippen molar-refractivity contribution < 1.29 is 14.3 Å². The maximum atomic E-state index is 11.6. The third kappa shape index (κ3) is 0.870. The molecular formula is C11H10O3. The van der Waals surface area contributed by atoms with Gasteiger partial charge in [-0.05, 0) is 18.6 Å². The van der Waals surface area contributed by atoms with E-state index in [2.05, 4.69) is 0 Å². The van der Waals surface area contributed by atoms with Gasteiger partial charge >= 0.3 is 5.97 Å². The zero-order chi connectivity index (χ0) is 9.71. The van der Waals surface area contributed by atoms with Crippen LogP contribution in [-0.2, 0) is 14.3 Å². The molecule has 0 aromatic carbocycles. The van der Waals surface area contributed by atoms with E-state index >= 15 is 0 Å². The predicted molar refractivity (Wildman–Crippen MR) is 48.3 cm³/mol. The van der Waals surface area contributed by atoms with E-state index in [1.807, 2.05) is 12.2 Å². The summed E-state index contributed by atoms with van der Waals surface area (Å²) in [5.74, 6) is -0.471. The van der Waals surface area contributed by atoms with E-state index in [1.54, 1.807) is 12.2 Å². The standard InChI is InChI=1S/C11H10O3/c12-8-4-5-9-6-2-1-3-7(10(6)8)11(13)14-9/h1,3-7,9-10H,2H2/t6-,7-,9+,10-/m0/s1. The van der Waals surface area contributed by atoms with Gasteiger partial charge in [-0.2, -0.15) is 0 Å². The summed E-state index contributed by atoms with van der Waals surface area (Å²) in [6.07, 6.45) is 7.75. The zero-order valence-electron chi connectivity index (χ0n) is 7.55. The Bertz CT molecular complexity index is 367. The monoisotopic (exact) mass is 190 g/mol. The lowest BCUT2D eigenvalue weighted by Crippen LogP contribution is -2.50. The second-order valence-electron chi connectivity index (χ2n) is 4.04. The van der Waals surface area contributed by atoms with Gasteiger partial charge in [0, 0.05) is 11.8 Å². The molecule has 3 rings (SSSR count). The summed E-state index contributed by atoms with van der Waals surface area (Å²) < 4.78 is 5.24. The van der Waals surface area contributed by atoms with Gasteiger partial charge in [0.25, 0.3) is 0 Å². The highest BCUT2D eigenvalue weighted by molar-refractivity contribution is 5.98. The molecule has 0 aromatic rings. The Morgan fingerprint density at radius 1 is 1.29 bits per heavy atom. The van der Waals surface area contributed by atoms with Crippen LogP contribution in [0.3, 0.4) is 0 Å². The minimum absolute atomic E-state index is 0.0808. The van der Waals surface area contributed by atoms with Gasteiger partial charge in [-0.1, -0.05) is 12.2 Å². The van der Waals surface area contributed by atoms with Crippen LogP contribution in [0.2, 0.25) is 0 Å². The lowest BCUT2D eigenvalue weighted by Gasteiger charge is -2.42. The highest BCUT2D eigenvalue weighted by atomic mass is 16.5. The number of carbonyl (C=O) groups excluding carboxylic acids is 2. The summed E-state index contributed by atoms with van der Waals surface area (Å²) in [5.41, 5.74) is 0. The third-order valence-electron chi connectivity index (χ3n) is 3.32. The number of carbonyl (C=O) groups is 2. The molecule has 1 heterocycles. The molecule has 4 atom stereocenters. The van der Waals surface area contributed by atoms with Crippen LogP contribution < -0.4 is 0 Å². The Morgan fingerprint density at radius 3 is 3.00 bits per heavy atom. The van der Waals surface area contributed by atoms with E-state index in [0.717, 1.165) is 6.42 Å². The molecule has 1 aliphatic heterocycles. The van der Waals surface area contributed by atoms with Crippen molar-refractivity contribution in [1.82, 2.24) is 0 Å². The van der Waals surface area contributed by atoms with Crippen molar-refractivity contribution in [1.29, 1.82) is 0 Å². The number of allylic oxidation sites excluding steroid dienone is 2. The van der Waals surface area contributed by atoms with Crippen LogP contribution in [0.1, 0.15) is 6.42 Å². The first kappa shape index (κ1) is 7.97. The Labute approximate surface area is 81.4 Å². The van der Waals surface area contributed by atoms with Crippen LogP contribution in [0, 0.1) is 17.8 Å². The van der Waals surface area contributed by atoms with Crippen LogP contribution in [-0.4, -0.2) is 17.9 Å². The molecule has 72 valence electrons. The topological polar surface area (TPSA) is 43.4 Å². The summed E-state index contributed by atoms with van der Waals surface area (Å²) in [7, 11) is 0. The summed E-state index contributed by atoms with van der Waals surface area (Å²) in [5, 5.41) is 0. The molecule has 0 unspecified atom stereocenters. The second kappa shape index (κ2) is 2.56. The molecule has 4 bridgehead atoms. The minimum Gasteiger partial charge on any atom is -0.457 e. The predicted octanol–water partition coefficient (Wildman–Crippen LogP) is 0.859. The van der Waals surface area contributed by atoms with Crippen molar-refractivity contribution in [2.24, 2.45) is 17.8 Å². The Morgan fingerprint density at radius 2 is 2.14 bits per heavy atom. The minimum atomic E-state index is -0.331. The first-order valence-corrected chi connectivity index (χ1v) is 4.86. The maximum absolute atomic E-state index is 11.6. The van der Waals surface area contributed by atoms with Crippen molar-refractivity contribution in [2.75, 3.05) is 0 Å². The van der Waals surface area contributed by atoms with Crippen LogP contribution in [0.15, 0.2) is 24.3 Å². The van der Waals surface area contributed by atoms with Gasteiger partial charge in [0.05, 0.1) is 5.92 Å². The van der Waals surface area contributed by atoms with E-state index in [9.17, 15) is 9.59 Å². The number of ketones is 1. The van der Waals surface area contributed by atoms with E-state index in [1.165, 1.54) is 0 Å². The number of hydrogen-bond acceptors (Lipinski definition) is 3. The van der Waals surface area contributed by atoms with Crippen molar-refractivity contribution in [3.05, 3.63) is 24.3 Å². The quantitative estimate of drug-likeness (QED) is 0.420. The SMILES string of the molecule is O=C1C=C[C@H]2OC(=O)[C@H]3C=CC[C@@H]2[C@H]13. The lowest BCUT2D eigenvalue weighted by molar-refractivity contribution is -0.169. The number of rotatable bonds is 0. The summed E-state index contributed by atoms with van der Waals surface area (Å²) in [4.78, 5) is 23.1. The fraction of sp³-hybridized carbons (Fsp3) is 0.455. The van der Waals surface area contributed by atoms with Crippen molar-refractivity contribution in [3.8, 4) is 0 Å². The average Bonchev–Trinajstić information content (AvgIpc) is 2.19. The smallest absolute Gasteiger partial charge is 0.314 e. The van der Waals surface area contributed by atoms with Crippen LogP contribution in [0.25, 0.3) is 0 Å². The molecule has 3 heteroatoms. The summed E-state index contributed by atoms with van der Waals surface area (Å²) in [6.45, 7) is 0. The first-order valence-electron chi connectivity index (χ1n) is 4.86. The van der Waals surface area contributed by atoms with Crippen LogP contribution >= 0.6 is 0 Å². The molecule has 1 saturated heterocycles. The molecule has 3 aliphatic rings. The number of ether oxygens (including phenoxy) is 1. The Balaban J connectivity index is 2.12. The molecule has 0 aromatic heterocycles. The Kier molecular flexibility index (Phi) is 1.46. The first-order chi connectivity index (χ1) is 6.77. The Hall–Kier alpha value is -1.38. The molecule has 3 nitrogen and oxygen atoms in total. The summed E-state index contributed by atoms with van der Waals surface area (Å²) in [6, 6.07) is 0. The van der Waals surface area contributed by atoms with E-state index in [0.29, 0.717) is 0 Å². The molecule has 0 saturated carbocycles. The normalized spacial score (nSPS) is 43.7. The van der Waals surface area contributed by atoms with Gasteiger partial charge in [-0.3, -0.25) is 9.59 Å².